The molecule has 21 heavy (non-hydrogen) atoms. The average molecular weight is 354 g/mol. The number of benzene rings is 1. The first-order valence-electron chi connectivity index (χ1n) is 6.75. The highest BCUT2D eigenvalue weighted by Crippen LogP contribution is 2.24. The number of nitrogens with zero attached hydrogens (tertiary/aromatic N) is 1. The van der Waals surface area contributed by atoms with Crippen LogP contribution in [0.3, 0.4) is 0 Å². The molecule has 0 aliphatic carbocycles. The SMILES string of the molecule is CNCC(C)C(=O)N(Cc1ccc(Cl)c(Cl)c1)C(C)C.Cl. The Morgan fingerprint density at radius 1 is 1.24 bits per heavy atom. The molecule has 1 rings (SSSR count). The minimum atomic E-state index is -0.0508. The summed E-state index contributed by atoms with van der Waals surface area (Å²) in [5, 5.41) is 4.08. The number of nitrogens with one attached hydrogen (secondary N) is 1. The first kappa shape index (κ1) is 20.5. The molecule has 120 valence electrons. The number of rotatable bonds is 6. The lowest BCUT2D eigenvalue weighted by molar-refractivity contribution is -0.137. The Morgan fingerprint density at radius 2 is 1.86 bits per heavy atom. The zero-order valence-electron chi connectivity index (χ0n) is 12.8. The van der Waals surface area contributed by atoms with E-state index in [1.54, 1.807) is 6.07 Å². The van der Waals surface area contributed by atoms with Crippen molar-refractivity contribution in [1.82, 2.24) is 10.2 Å². The fourth-order valence-corrected chi connectivity index (χ4v) is 2.35. The van der Waals surface area contributed by atoms with E-state index < -0.39 is 0 Å². The number of halogens is 3. The van der Waals surface area contributed by atoms with Gasteiger partial charge in [0.2, 0.25) is 5.91 Å². The molecule has 6 heteroatoms. The largest absolute Gasteiger partial charge is 0.336 e. The molecule has 0 heterocycles. The molecule has 0 aliphatic heterocycles. The van der Waals surface area contributed by atoms with Crippen molar-refractivity contribution in [2.45, 2.75) is 33.4 Å². The van der Waals surface area contributed by atoms with E-state index in [9.17, 15) is 4.79 Å². The van der Waals surface area contributed by atoms with Crippen molar-refractivity contribution in [3.63, 3.8) is 0 Å². The van der Waals surface area contributed by atoms with Crippen LogP contribution in [0.15, 0.2) is 18.2 Å². The summed E-state index contributed by atoms with van der Waals surface area (Å²) in [7, 11) is 1.85. The molecular weight excluding hydrogens is 331 g/mol. The molecule has 0 saturated heterocycles. The molecule has 0 fully saturated rings. The van der Waals surface area contributed by atoms with Gasteiger partial charge in [-0.25, -0.2) is 0 Å². The molecule has 1 atom stereocenters. The van der Waals surface area contributed by atoms with Crippen molar-refractivity contribution in [3.8, 4) is 0 Å². The first-order valence-corrected chi connectivity index (χ1v) is 7.51. The van der Waals surface area contributed by atoms with Crippen LogP contribution >= 0.6 is 35.6 Å². The van der Waals surface area contributed by atoms with E-state index in [1.807, 2.05) is 44.9 Å². The van der Waals surface area contributed by atoms with Gasteiger partial charge in [0.25, 0.3) is 0 Å². The topological polar surface area (TPSA) is 32.3 Å². The smallest absolute Gasteiger partial charge is 0.227 e. The van der Waals surface area contributed by atoms with Crippen LogP contribution in [0.2, 0.25) is 10.0 Å². The van der Waals surface area contributed by atoms with Crippen LogP contribution < -0.4 is 5.32 Å². The van der Waals surface area contributed by atoms with Crippen LogP contribution in [-0.2, 0) is 11.3 Å². The zero-order valence-corrected chi connectivity index (χ0v) is 15.1. The lowest BCUT2D eigenvalue weighted by atomic mass is 10.1. The molecule has 1 aromatic rings. The number of carbonyl (C=O) groups is 1. The maximum atomic E-state index is 12.5. The van der Waals surface area contributed by atoms with Gasteiger partial charge in [-0.3, -0.25) is 4.79 Å². The van der Waals surface area contributed by atoms with Crippen LogP contribution in [-0.4, -0.2) is 30.4 Å². The van der Waals surface area contributed by atoms with Gasteiger partial charge < -0.3 is 10.2 Å². The van der Waals surface area contributed by atoms with Gasteiger partial charge in [0.1, 0.15) is 0 Å². The van der Waals surface area contributed by atoms with E-state index in [-0.39, 0.29) is 30.3 Å². The maximum Gasteiger partial charge on any atom is 0.227 e. The van der Waals surface area contributed by atoms with Gasteiger partial charge >= 0.3 is 0 Å². The van der Waals surface area contributed by atoms with Crippen LogP contribution in [0.4, 0.5) is 0 Å². The number of hydrogen-bond donors (Lipinski definition) is 1. The quantitative estimate of drug-likeness (QED) is 0.838. The van der Waals surface area contributed by atoms with Gasteiger partial charge in [-0.1, -0.05) is 36.2 Å². The molecule has 0 bridgehead atoms. The van der Waals surface area contributed by atoms with Crippen molar-refractivity contribution in [2.75, 3.05) is 13.6 Å². The van der Waals surface area contributed by atoms with E-state index in [0.29, 0.717) is 23.1 Å². The van der Waals surface area contributed by atoms with Gasteiger partial charge in [0.05, 0.1) is 10.0 Å². The second-order valence-corrected chi connectivity index (χ2v) is 6.08. The summed E-state index contributed by atoms with van der Waals surface area (Å²) in [6.45, 7) is 7.18. The van der Waals surface area contributed by atoms with Crippen molar-refractivity contribution in [2.24, 2.45) is 5.92 Å². The number of hydrogen-bond acceptors (Lipinski definition) is 2. The van der Waals surface area contributed by atoms with E-state index in [1.165, 1.54) is 0 Å². The minimum absolute atomic E-state index is 0. The summed E-state index contributed by atoms with van der Waals surface area (Å²) in [6.07, 6.45) is 0. The lowest BCUT2D eigenvalue weighted by Gasteiger charge is -2.29. The van der Waals surface area contributed by atoms with Gasteiger partial charge in [-0.2, -0.15) is 0 Å². The summed E-state index contributed by atoms with van der Waals surface area (Å²) in [5.74, 6) is 0.0885. The predicted octanol–water partition coefficient (Wildman–Crippen LogP) is 4.01. The van der Waals surface area contributed by atoms with Gasteiger partial charge in [-0.05, 0) is 38.6 Å². The summed E-state index contributed by atoms with van der Waals surface area (Å²) in [6, 6.07) is 5.62. The van der Waals surface area contributed by atoms with Crippen molar-refractivity contribution >= 4 is 41.5 Å². The van der Waals surface area contributed by atoms with Gasteiger partial charge in [-0.15, -0.1) is 12.4 Å². The third-order valence-corrected chi connectivity index (χ3v) is 3.91. The van der Waals surface area contributed by atoms with Crippen LogP contribution in [0, 0.1) is 5.92 Å². The van der Waals surface area contributed by atoms with Crippen molar-refractivity contribution < 1.29 is 4.79 Å². The van der Waals surface area contributed by atoms with Crippen LogP contribution in [0.25, 0.3) is 0 Å². The Kier molecular flexibility index (Phi) is 9.30. The van der Waals surface area contributed by atoms with Crippen LogP contribution in [0.5, 0.6) is 0 Å². The number of carbonyl (C=O) groups excluding carboxylic acids is 1. The van der Waals surface area contributed by atoms with Crippen molar-refractivity contribution in [1.29, 1.82) is 0 Å². The Labute approximate surface area is 143 Å². The fourth-order valence-electron chi connectivity index (χ4n) is 2.03. The summed E-state index contributed by atoms with van der Waals surface area (Å²) in [5.41, 5.74) is 0.984. The molecule has 0 saturated carbocycles. The highest BCUT2D eigenvalue weighted by atomic mass is 35.5. The van der Waals surface area contributed by atoms with Crippen molar-refractivity contribution in [3.05, 3.63) is 33.8 Å². The highest BCUT2D eigenvalue weighted by Gasteiger charge is 2.22. The average Bonchev–Trinajstić information content (AvgIpc) is 2.39. The molecule has 1 amide bonds. The normalized spacial score (nSPS) is 12.0. The fraction of sp³-hybridized carbons (Fsp3) is 0.533. The minimum Gasteiger partial charge on any atom is -0.336 e. The molecule has 0 radical (unpaired) electrons. The molecule has 0 spiro atoms. The molecule has 3 nitrogen and oxygen atoms in total. The second kappa shape index (κ2) is 9.52. The van der Waals surface area contributed by atoms with Crippen LogP contribution in [0.1, 0.15) is 26.3 Å². The molecule has 0 aromatic heterocycles. The first-order chi connectivity index (χ1) is 9.36. The maximum absolute atomic E-state index is 12.5. The Bertz CT molecular complexity index is 466. The summed E-state index contributed by atoms with van der Waals surface area (Å²) < 4.78 is 0. The summed E-state index contributed by atoms with van der Waals surface area (Å²) >= 11 is 11.9. The molecule has 1 aromatic carbocycles. The Morgan fingerprint density at radius 3 is 2.33 bits per heavy atom. The van der Waals surface area contributed by atoms with E-state index in [2.05, 4.69) is 5.32 Å². The number of amides is 1. The lowest BCUT2D eigenvalue weighted by Crippen LogP contribution is -2.42. The van der Waals surface area contributed by atoms with E-state index >= 15 is 0 Å². The Balaban J connectivity index is 0.00000400. The standard InChI is InChI=1S/C15H22Cl2N2O.ClH/c1-10(2)19(15(20)11(3)8-18-4)9-12-5-6-13(16)14(17)7-12;/h5-7,10-11,18H,8-9H2,1-4H3;1H. The third-order valence-electron chi connectivity index (χ3n) is 3.18. The molecule has 1 N–H and O–H groups in total. The molecule has 0 aliphatic rings. The predicted molar refractivity (Wildman–Crippen MR) is 92.5 cm³/mol. The highest BCUT2D eigenvalue weighted by molar-refractivity contribution is 6.42. The third kappa shape index (κ3) is 6.03. The summed E-state index contributed by atoms with van der Waals surface area (Å²) in [4.78, 5) is 14.3. The molecule has 1 unspecified atom stereocenters. The zero-order chi connectivity index (χ0) is 15.3. The van der Waals surface area contributed by atoms with E-state index in [0.717, 1.165) is 5.56 Å². The second-order valence-electron chi connectivity index (χ2n) is 5.27. The monoisotopic (exact) mass is 352 g/mol. The van der Waals surface area contributed by atoms with Gasteiger partial charge in [0.15, 0.2) is 0 Å². The molecular formula is C15H23Cl3N2O. The Hall–Kier alpha value is -0.480. The van der Waals surface area contributed by atoms with Gasteiger partial charge in [0, 0.05) is 25.0 Å². The van der Waals surface area contributed by atoms with E-state index in [4.69, 9.17) is 23.2 Å².